The Bertz CT molecular complexity index is 529. The molecule has 3 nitrogen and oxygen atoms in total. The Morgan fingerprint density at radius 2 is 2.00 bits per heavy atom. The number of rotatable bonds is 2. The number of hydrogen-bond donors (Lipinski definition) is 1. The number of nitrogens with zero attached hydrogens (tertiary/aromatic N) is 2. The Labute approximate surface area is 106 Å². The number of hydrogen-bond acceptors (Lipinski definition) is 2. The van der Waals surface area contributed by atoms with E-state index in [9.17, 15) is 5.11 Å². The summed E-state index contributed by atoms with van der Waals surface area (Å²) in [4.78, 5) is 0. The third-order valence-corrected chi connectivity index (χ3v) is 3.21. The molecular weight excluding hydrogens is 236 g/mol. The molecule has 4 heteroatoms. The number of benzene rings is 1. The van der Waals surface area contributed by atoms with E-state index in [0.29, 0.717) is 5.02 Å². The second-order valence-corrected chi connectivity index (χ2v) is 4.68. The maximum absolute atomic E-state index is 10.4. The molecule has 17 heavy (non-hydrogen) atoms. The van der Waals surface area contributed by atoms with Gasteiger partial charge >= 0.3 is 0 Å². The maximum Gasteiger partial charge on any atom is 0.121 e. The molecule has 0 saturated heterocycles. The molecule has 90 valence electrons. The van der Waals surface area contributed by atoms with Gasteiger partial charge in [0.05, 0.1) is 11.9 Å². The molecule has 1 aromatic heterocycles. The molecule has 2 rings (SSSR count). The quantitative estimate of drug-likeness (QED) is 0.890. The molecule has 1 atom stereocenters. The normalized spacial score (nSPS) is 12.8. The standard InChI is InChI=1S/C13H15ClN2O/c1-8-4-5-10(14)6-11(8)13(17)12-9(2)7-15-16(12)3/h4-7,13,17H,1-3H3. The van der Waals surface area contributed by atoms with Crippen LogP contribution in [0.4, 0.5) is 0 Å². The zero-order chi connectivity index (χ0) is 12.6. The van der Waals surface area contributed by atoms with Gasteiger partial charge in [0.15, 0.2) is 0 Å². The van der Waals surface area contributed by atoms with E-state index >= 15 is 0 Å². The van der Waals surface area contributed by atoms with Crippen LogP contribution in [0.5, 0.6) is 0 Å². The summed E-state index contributed by atoms with van der Waals surface area (Å²) in [7, 11) is 1.82. The first-order chi connectivity index (χ1) is 8.00. The van der Waals surface area contributed by atoms with Crippen LogP contribution in [0.15, 0.2) is 24.4 Å². The van der Waals surface area contributed by atoms with Crippen molar-refractivity contribution in [2.24, 2.45) is 7.05 Å². The van der Waals surface area contributed by atoms with Crippen LogP contribution >= 0.6 is 11.6 Å². The van der Waals surface area contributed by atoms with Gasteiger partial charge in [0.2, 0.25) is 0 Å². The molecule has 0 aliphatic rings. The van der Waals surface area contributed by atoms with Gasteiger partial charge in [-0.15, -0.1) is 0 Å². The summed E-state index contributed by atoms with van der Waals surface area (Å²) in [5, 5.41) is 15.2. The fourth-order valence-electron chi connectivity index (χ4n) is 2.00. The molecule has 1 heterocycles. The Morgan fingerprint density at radius 1 is 1.29 bits per heavy atom. The van der Waals surface area contributed by atoms with Gasteiger partial charge < -0.3 is 5.11 Å². The summed E-state index contributed by atoms with van der Waals surface area (Å²) in [5.41, 5.74) is 3.61. The minimum absolute atomic E-state index is 0.629. The van der Waals surface area contributed by atoms with Crippen LogP contribution in [0.3, 0.4) is 0 Å². The third kappa shape index (κ3) is 2.21. The predicted molar refractivity (Wildman–Crippen MR) is 68.2 cm³/mol. The van der Waals surface area contributed by atoms with Gasteiger partial charge in [0, 0.05) is 12.1 Å². The van der Waals surface area contributed by atoms with Gasteiger partial charge in [0.1, 0.15) is 6.10 Å². The van der Waals surface area contributed by atoms with E-state index < -0.39 is 6.10 Å². The van der Waals surface area contributed by atoms with Gasteiger partial charge in [0.25, 0.3) is 0 Å². The maximum atomic E-state index is 10.4. The van der Waals surface area contributed by atoms with Crippen molar-refractivity contribution in [2.45, 2.75) is 20.0 Å². The SMILES string of the molecule is Cc1ccc(Cl)cc1C(O)c1c(C)cnn1C. The molecule has 0 saturated carbocycles. The summed E-state index contributed by atoms with van der Waals surface area (Å²) < 4.78 is 1.69. The van der Waals surface area contributed by atoms with Crippen molar-refractivity contribution < 1.29 is 5.11 Å². The molecule has 1 aromatic carbocycles. The highest BCUT2D eigenvalue weighted by molar-refractivity contribution is 6.30. The van der Waals surface area contributed by atoms with Crippen molar-refractivity contribution in [1.82, 2.24) is 9.78 Å². The highest BCUT2D eigenvalue weighted by Gasteiger charge is 2.19. The minimum Gasteiger partial charge on any atom is -0.382 e. The lowest BCUT2D eigenvalue weighted by molar-refractivity contribution is 0.208. The van der Waals surface area contributed by atoms with Crippen LogP contribution in [-0.2, 0) is 7.05 Å². The van der Waals surface area contributed by atoms with Crippen molar-refractivity contribution in [3.63, 3.8) is 0 Å². The fourth-order valence-corrected chi connectivity index (χ4v) is 2.18. The molecule has 0 amide bonds. The lowest BCUT2D eigenvalue weighted by Gasteiger charge is -2.15. The van der Waals surface area contributed by atoms with Crippen LogP contribution in [0.2, 0.25) is 5.02 Å². The van der Waals surface area contributed by atoms with Crippen LogP contribution < -0.4 is 0 Å². The molecule has 0 radical (unpaired) electrons. The summed E-state index contributed by atoms with van der Waals surface area (Å²) in [6, 6.07) is 5.53. The number of aryl methyl sites for hydroxylation is 3. The van der Waals surface area contributed by atoms with E-state index in [0.717, 1.165) is 22.4 Å². The van der Waals surface area contributed by atoms with Crippen molar-refractivity contribution in [3.05, 3.63) is 51.8 Å². The fraction of sp³-hybridized carbons (Fsp3) is 0.308. The Hall–Kier alpha value is -1.32. The van der Waals surface area contributed by atoms with E-state index in [1.54, 1.807) is 16.9 Å². The largest absolute Gasteiger partial charge is 0.382 e. The number of aromatic nitrogens is 2. The number of aliphatic hydroxyl groups excluding tert-OH is 1. The van der Waals surface area contributed by atoms with E-state index in [1.807, 2.05) is 33.0 Å². The highest BCUT2D eigenvalue weighted by atomic mass is 35.5. The average Bonchev–Trinajstić information content (AvgIpc) is 2.61. The number of aliphatic hydroxyl groups is 1. The first-order valence-electron chi connectivity index (χ1n) is 5.43. The van der Waals surface area contributed by atoms with Crippen molar-refractivity contribution in [1.29, 1.82) is 0 Å². The summed E-state index contributed by atoms with van der Waals surface area (Å²) in [6.45, 7) is 3.89. The lowest BCUT2D eigenvalue weighted by atomic mass is 9.99. The number of halogens is 1. The molecule has 2 aromatic rings. The van der Waals surface area contributed by atoms with E-state index in [-0.39, 0.29) is 0 Å². The monoisotopic (exact) mass is 250 g/mol. The Balaban J connectivity index is 2.50. The van der Waals surface area contributed by atoms with Gasteiger partial charge in [-0.05, 0) is 42.7 Å². The van der Waals surface area contributed by atoms with Crippen LogP contribution in [-0.4, -0.2) is 14.9 Å². The van der Waals surface area contributed by atoms with Gasteiger partial charge in [-0.1, -0.05) is 17.7 Å². The second-order valence-electron chi connectivity index (χ2n) is 4.24. The minimum atomic E-state index is -0.693. The third-order valence-electron chi connectivity index (χ3n) is 2.97. The second kappa shape index (κ2) is 4.51. The Kier molecular flexibility index (Phi) is 3.22. The van der Waals surface area contributed by atoms with Gasteiger partial charge in [-0.3, -0.25) is 4.68 Å². The van der Waals surface area contributed by atoms with Crippen molar-refractivity contribution in [2.75, 3.05) is 0 Å². The zero-order valence-electron chi connectivity index (χ0n) is 10.1. The molecule has 0 fully saturated rings. The van der Waals surface area contributed by atoms with Crippen molar-refractivity contribution >= 4 is 11.6 Å². The van der Waals surface area contributed by atoms with Gasteiger partial charge in [-0.25, -0.2) is 0 Å². The summed E-state index contributed by atoms with van der Waals surface area (Å²) in [6.07, 6.45) is 1.06. The molecule has 0 bridgehead atoms. The van der Waals surface area contributed by atoms with E-state index in [1.165, 1.54) is 0 Å². The first-order valence-corrected chi connectivity index (χ1v) is 5.81. The Morgan fingerprint density at radius 3 is 2.59 bits per heavy atom. The van der Waals surface area contributed by atoms with Crippen LogP contribution in [0, 0.1) is 13.8 Å². The lowest BCUT2D eigenvalue weighted by Crippen LogP contribution is -2.09. The van der Waals surface area contributed by atoms with Crippen molar-refractivity contribution in [3.8, 4) is 0 Å². The predicted octanol–water partition coefficient (Wildman–Crippen LogP) is 2.77. The molecule has 1 N–H and O–H groups in total. The van der Waals surface area contributed by atoms with E-state index in [2.05, 4.69) is 5.10 Å². The van der Waals surface area contributed by atoms with Crippen LogP contribution in [0.1, 0.15) is 28.5 Å². The summed E-state index contributed by atoms with van der Waals surface area (Å²) in [5.74, 6) is 0. The molecule has 0 aliphatic heterocycles. The smallest absolute Gasteiger partial charge is 0.121 e. The zero-order valence-corrected chi connectivity index (χ0v) is 10.9. The topological polar surface area (TPSA) is 38.1 Å². The van der Waals surface area contributed by atoms with Gasteiger partial charge in [-0.2, -0.15) is 5.10 Å². The summed E-state index contributed by atoms with van der Waals surface area (Å²) >= 11 is 5.97. The molecule has 1 unspecified atom stereocenters. The van der Waals surface area contributed by atoms with Crippen LogP contribution in [0.25, 0.3) is 0 Å². The highest BCUT2D eigenvalue weighted by Crippen LogP contribution is 2.28. The first kappa shape index (κ1) is 12.1. The van der Waals surface area contributed by atoms with E-state index in [4.69, 9.17) is 11.6 Å². The molecular formula is C13H15ClN2O. The molecule has 0 spiro atoms. The molecule has 0 aliphatic carbocycles. The average molecular weight is 251 g/mol.